The molecular formula is C29H29Cl2FN2O4. The molecule has 0 amide bonds. The topological polar surface area (TPSA) is 82.9 Å². The molecule has 4 rings (SSSR count). The Labute approximate surface area is 231 Å². The Morgan fingerprint density at radius 3 is 2.68 bits per heavy atom. The van der Waals surface area contributed by atoms with Gasteiger partial charge in [0, 0.05) is 27.7 Å². The molecule has 1 saturated heterocycles. The van der Waals surface area contributed by atoms with Gasteiger partial charge in [0.1, 0.15) is 11.6 Å². The standard InChI is InChI=1S/C29H29Cl2FN2O4/c1-38-22-4-5-25-23(16-22)28(24(31)18-33-25)26(35)6-7-29(17-27(36)37)8-11-34(12-9-29)10-2-3-19-13-20(30)15-21(32)14-19/h4-5,13-16,18,26,35H,6-12,17H2,1H3,(H,36,37). The summed E-state index contributed by atoms with van der Waals surface area (Å²) in [6.45, 7) is 1.84. The van der Waals surface area contributed by atoms with E-state index in [0.29, 0.717) is 83.1 Å². The number of ether oxygens (including phenoxy) is 1. The first kappa shape index (κ1) is 28.1. The van der Waals surface area contributed by atoms with Gasteiger partial charge >= 0.3 is 5.97 Å². The van der Waals surface area contributed by atoms with E-state index < -0.39 is 23.3 Å². The van der Waals surface area contributed by atoms with E-state index in [1.807, 2.05) is 6.07 Å². The Hall–Kier alpha value is -2.89. The van der Waals surface area contributed by atoms with Crippen LogP contribution in [0.1, 0.15) is 49.3 Å². The first-order chi connectivity index (χ1) is 18.2. The number of aliphatic hydroxyl groups is 1. The third-order valence-electron chi connectivity index (χ3n) is 7.19. The minimum Gasteiger partial charge on any atom is -0.497 e. The second-order valence-corrected chi connectivity index (χ2v) is 10.6. The second-order valence-electron chi connectivity index (χ2n) is 9.76. The van der Waals surface area contributed by atoms with Crippen molar-refractivity contribution in [1.29, 1.82) is 0 Å². The van der Waals surface area contributed by atoms with Gasteiger partial charge in [-0.1, -0.05) is 35.0 Å². The van der Waals surface area contributed by atoms with E-state index in [-0.39, 0.29) is 6.42 Å². The van der Waals surface area contributed by atoms with Gasteiger partial charge in [0.25, 0.3) is 0 Å². The molecule has 0 spiro atoms. The number of aromatic nitrogens is 1. The number of carbonyl (C=O) groups is 1. The van der Waals surface area contributed by atoms with Gasteiger partial charge in [-0.2, -0.15) is 0 Å². The van der Waals surface area contributed by atoms with Crippen molar-refractivity contribution in [2.24, 2.45) is 5.41 Å². The van der Waals surface area contributed by atoms with Crippen molar-refractivity contribution in [3.8, 4) is 17.6 Å². The quantitative estimate of drug-likeness (QED) is 0.324. The zero-order valence-electron chi connectivity index (χ0n) is 21.0. The number of pyridine rings is 1. The Morgan fingerprint density at radius 1 is 1.24 bits per heavy atom. The van der Waals surface area contributed by atoms with Gasteiger partial charge in [0.05, 0.1) is 36.7 Å². The molecule has 200 valence electrons. The van der Waals surface area contributed by atoms with Crippen molar-refractivity contribution in [2.75, 3.05) is 26.7 Å². The molecule has 1 atom stereocenters. The number of carboxylic acids is 1. The molecule has 0 bridgehead atoms. The van der Waals surface area contributed by atoms with Crippen LogP contribution in [0.4, 0.5) is 4.39 Å². The van der Waals surface area contributed by atoms with E-state index in [0.717, 1.165) is 0 Å². The summed E-state index contributed by atoms with van der Waals surface area (Å²) in [6, 6.07) is 9.61. The average Bonchev–Trinajstić information content (AvgIpc) is 2.87. The molecule has 9 heteroatoms. The lowest BCUT2D eigenvalue weighted by Crippen LogP contribution is -2.41. The summed E-state index contributed by atoms with van der Waals surface area (Å²) < 4.78 is 18.9. The molecule has 0 aliphatic carbocycles. The Morgan fingerprint density at radius 2 is 2.00 bits per heavy atom. The maximum absolute atomic E-state index is 13.5. The van der Waals surface area contributed by atoms with Crippen LogP contribution in [-0.4, -0.2) is 52.8 Å². The summed E-state index contributed by atoms with van der Waals surface area (Å²) >= 11 is 12.4. The molecule has 38 heavy (non-hydrogen) atoms. The molecule has 1 fully saturated rings. The summed E-state index contributed by atoms with van der Waals surface area (Å²) in [7, 11) is 1.57. The van der Waals surface area contributed by atoms with Gasteiger partial charge in [-0.15, -0.1) is 0 Å². The molecule has 1 aliphatic heterocycles. The number of carboxylic acid groups (broad SMARTS) is 1. The van der Waals surface area contributed by atoms with Gasteiger partial charge in [0.2, 0.25) is 0 Å². The number of methoxy groups -OCH3 is 1. The maximum atomic E-state index is 13.5. The molecule has 6 nitrogen and oxygen atoms in total. The number of nitrogens with zero attached hydrogens (tertiary/aromatic N) is 2. The van der Waals surface area contributed by atoms with E-state index in [2.05, 4.69) is 21.7 Å². The predicted octanol–water partition coefficient (Wildman–Crippen LogP) is 6.11. The van der Waals surface area contributed by atoms with Crippen LogP contribution in [0.2, 0.25) is 10.0 Å². The average molecular weight is 559 g/mol. The van der Waals surface area contributed by atoms with E-state index >= 15 is 0 Å². The summed E-state index contributed by atoms with van der Waals surface area (Å²) in [5.41, 5.74) is 1.34. The van der Waals surface area contributed by atoms with Crippen LogP contribution in [0.3, 0.4) is 0 Å². The molecule has 2 N–H and O–H groups in total. The van der Waals surface area contributed by atoms with Crippen molar-refractivity contribution < 1.29 is 24.1 Å². The number of aliphatic hydroxyl groups excluding tert-OH is 1. The van der Waals surface area contributed by atoms with Crippen molar-refractivity contribution in [1.82, 2.24) is 9.88 Å². The predicted molar refractivity (Wildman–Crippen MR) is 146 cm³/mol. The number of hydrogen-bond donors (Lipinski definition) is 2. The monoisotopic (exact) mass is 558 g/mol. The number of fused-ring (bicyclic) bond motifs is 1. The number of likely N-dealkylation sites (tertiary alicyclic amines) is 1. The second kappa shape index (κ2) is 12.3. The van der Waals surface area contributed by atoms with Gasteiger partial charge < -0.3 is 14.9 Å². The van der Waals surface area contributed by atoms with Crippen molar-refractivity contribution in [3.63, 3.8) is 0 Å². The highest BCUT2D eigenvalue weighted by atomic mass is 35.5. The molecule has 3 aromatic rings. The summed E-state index contributed by atoms with van der Waals surface area (Å²) in [6.07, 6.45) is 2.90. The maximum Gasteiger partial charge on any atom is 0.303 e. The van der Waals surface area contributed by atoms with Crippen LogP contribution in [0.5, 0.6) is 5.75 Å². The Balaban J connectivity index is 1.43. The molecular weight excluding hydrogens is 530 g/mol. The molecule has 2 heterocycles. The number of benzene rings is 2. The highest BCUT2D eigenvalue weighted by molar-refractivity contribution is 6.32. The molecule has 0 radical (unpaired) electrons. The number of hydrogen-bond acceptors (Lipinski definition) is 5. The Bertz CT molecular complexity index is 1360. The van der Waals surface area contributed by atoms with Crippen LogP contribution in [0.25, 0.3) is 10.9 Å². The summed E-state index contributed by atoms with van der Waals surface area (Å²) in [5.74, 6) is 5.35. The largest absolute Gasteiger partial charge is 0.497 e. The minimum atomic E-state index is -0.882. The lowest BCUT2D eigenvalue weighted by atomic mass is 9.71. The lowest BCUT2D eigenvalue weighted by Gasteiger charge is -2.41. The first-order valence-corrected chi connectivity index (χ1v) is 13.1. The lowest BCUT2D eigenvalue weighted by molar-refractivity contribution is -0.141. The molecule has 2 aromatic carbocycles. The van der Waals surface area contributed by atoms with E-state index in [4.69, 9.17) is 27.9 Å². The molecule has 1 unspecified atom stereocenters. The normalized spacial score (nSPS) is 16.0. The zero-order valence-corrected chi connectivity index (χ0v) is 22.5. The number of piperidine rings is 1. The zero-order chi connectivity index (χ0) is 27.3. The third kappa shape index (κ3) is 6.95. The van der Waals surface area contributed by atoms with E-state index in [1.54, 1.807) is 25.3 Å². The highest BCUT2D eigenvalue weighted by Crippen LogP contribution is 2.43. The van der Waals surface area contributed by atoms with E-state index in [1.165, 1.54) is 18.3 Å². The van der Waals surface area contributed by atoms with Crippen LogP contribution in [-0.2, 0) is 4.79 Å². The van der Waals surface area contributed by atoms with Gasteiger partial charge in [-0.05, 0) is 80.6 Å². The fraction of sp³-hybridized carbons (Fsp3) is 0.379. The molecule has 0 saturated carbocycles. The number of halogens is 3. The van der Waals surface area contributed by atoms with Gasteiger partial charge in [-0.3, -0.25) is 14.7 Å². The highest BCUT2D eigenvalue weighted by Gasteiger charge is 2.37. The fourth-order valence-corrected chi connectivity index (χ4v) is 5.62. The smallest absolute Gasteiger partial charge is 0.303 e. The van der Waals surface area contributed by atoms with Crippen LogP contribution < -0.4 is 4.74 Å². The minimum absolute atomic E-state index is 0.0275. The number of aliphatic carboxylic acids is 1. The van der Waals surface area contributed by atoms with Crippen LogP contribution >= 0.6 is 23.2 Å². The van der Waals surface area contributed by atoms with E-state index in [9.17, 15) is 19.4 Å². The molecule has 1 aromatic heterocycles. The van der Waals surface area contributed by atoms with Crippen molar-refractivity contribution in [3.05, 3.63) is 69.6 Å². The van der Waals surface area contributed by atoms with Crippen molar-refractivity contribution >= 4 is 40.1 Å². The third-order valence-corrected chi connectivity index (χ3v) is 7.71. The molecule has 1 aliphatic rings. The number of rotatable bonds is 8. The van der Waals surface area contributed by atoms with Crippen LogP contribution in [0.15, 0.2) is 42.6 Å². The van der Waals surface area contributed by atoms with Gasteiger partial charge in [-0.25, -0.2) is 4.39 Å². The van der Waals surface area contributed by atoms with Crippen molar-refractivity contribution in [2.45, 2.75) is 38.2 Å². The summed E-state index contributed by atoms with van der Waals surface area (Å²) in [5, 5.41) is 22.2. The first-order valence-electron chi connectivity index (χ1n) is 12.4. The summed E-state index contributed by atoms with van der Waals surface area (Å²) in [4.78, 5) is 18.3. The van der Waals surface area contributed by atoms with Gasteiger partial charge in [0.15, 0.2) is 0 Å². The fourth-order valence-electron chi connectivity index (χ4n) is 5.12. The Kier molecular flexibility index (Phi) is 9.11. The SMILES string of the molecule is COc1ccc2ncc(Cl)c(C(O)CCC3(CC(=O)O)CCN(CC#Cc4cc(F)cc(Cl)c4)CC3)c2c1. The van der Waals surface area contributed by atoms with Crippen LogP contribution in [0, 0.1) is 23.1 Å².